The number of ketones is 2. The summed E-state index contributed by atoms with van der Waals surface area (Å²) in [5.74, 6) is -1.77. The number of allylic oxidation sites excluding steroid dienone is 4. The number of hydrogen-bond donors (Lipinski definition) is 3. The van der Waals surface area contributed by atoms with Crippen molar-refractivity contribution in [2.24, 2.45) is 28.6 Å². The molecule has 0 aromatic heterocycles. The van der Waals surface area contributed by atoms with Gasteiger partial charge in [0.2, 0.25) is 0 Å². The van der Waals surface area contributed by atoms with Crippen molar-refractivity contribution in [3.8, 4) is 0 Å². The summed E-state index contributed by atoms with van der Waals surface area (Å²) >= 11 is 0. The van der Waals surface area contributed by atoms with Crippen molar-refractivity contribution in [2.45, 2.75) is 77.0 Å². The number of hydrogen-bond acceptors (Lipinski definition) is 7. The van der Waals surface area contributed by atoms with Crippen LogP contribution in [0.15, 0.2) is 23.8 Å². The summed E-state index contributed by atoms with van der Waals surface area (Å²) in [6.07, 6.45) is 6.11. The third-order valence-electron chi connectivity index (χ3n) is 9.27. The van der Waals surface area contributed by atoms with Gasteiger partial charge in [-0.25, -0.2) is 4.57 Å². The fourth-order valence-corrected chi connectivity index (χ4v) is 8.46. The van der Waals surface area contributed by atoms with Crippen LogP contribution >= 0.6 is 7.82 Å². The Kier molecular flexibility index (Phi) is 5.34. The summed E-state index contributed by atoms with van der Waals surface area (Å²) < 4.78 is 28.5. The summed E-state index contributed by atoms with van der Waals surface area (Å²) in [4.78, 5) is 44.0. The first-order valence-corrected chi connectivity index (χ1v) is 13.4. The van der Waals surface area contributed by atoms with Crippen LogP contribution in [0.2, 0.25) is 0 Å². The van der Waals surface area contributed by atoms with E-state index in [1.54, 1.807) is 26.0 Å². The second-order valence-electron chi connectivity index (χ2n) is 11.5. The Labute approximate surface area is 198 Å². The first-order chi connectivity index (χ1) is 15.6. The highest BCUT2D eigenvalue weighted by molar-refractivity contribution is 7.46. The molecule has 4 fully saturated rings. The summed E-state index contributed by atoms with van der Waals surface area (Å²) in [5.41, 5.74) is -1.72. The van der Waals surface area contributed by atoms with Gasteiger partial charge in [-0.05, 0) is 63.5 Å². The van der Waals surface area contributed by atoms with Crippen molar-refractivity contribution in [1.82, 2.24) is 0 Å². The lowest BCUT2D eigenvalue weighted by Crippen LogP contribution is -2.64. The van der Waals surface area contributed by atoms with E-state index in [1.165, 1.54) is 0 Å². The summed E-state index contributed by atoms with van der Waals surface area (Å²) in [5, 5.41) is 11.6. The molecule has 188 valence electrons. The predicted octanol–water partition coefficient (Wildman–Crippen LogP) is 2.44. The van der Waals surface area contributed by atoms with Crippen LogP contribution in [-0.4, -0.2) is 56.7 Å². The molecule has 0 radical (unpaired) electrons. The maximum absolute atomic E-state index is 13.6. The van der Waals surface area contributed by atoms with Gasteiger partial charge in [-0.15, -0.1) is 0 Å². The molecule has 0 unspecified atom stereocenters. The number of fused-ring (bicyclic) bond motifs is 7. The molecule has 5 aliphatic rings. The minimum absolute atomic E-state index is 0.0228. The molecule has 1 aliphatic heterocycles. The molecule has 0 bridgehead atoms. The molecule has 3 saturated carbocycles. The van der Waals surface area contributed by atoms with Crippen LogP contribution in [-0.2, 0) is 28.2 Å². The quantitative estimate of drug-likeness (QED) is 0.501. The third-order valence-corrected chi connectivity index (χ3v) is 9.73. The minimum Gasteiger partial charge on any atom is -0.393 e. The molecule has 0 amide bonds. The number of phosphoric ester groups is 1. The summed E-state index contributed by atoms with van der Waals surface area (Å²) in [6, 6.07) is 0. The topological polar surface area (TPSA) is 140 Å². The molecule has 1 saturated heterocycles. The number of rotatable bonds is 4. The van der Waals surface area contributed by atoms with Gasteiger partial charge in [-0.3, -0.25) is 14.1 Å². The fraction of sp³-hybridized carbons (Fsp3) is 0.750. The number of carbonyl (C=O) groups excluding carboxylic acids is 2. The number of phosphoric acid groups is 1. The first kappa shape index (κ1) is 24.5. The van der Waals surface area contributed by atoms with Gasteiger partial charge in [0.05, 0.1) is 12.2 Å². The van der Waals surface area contributed by atoms with Crippen molar-refractivity contribution in [3.05, 3.63) is 23.8 Å². The molecular formula is C24H33O9P. The van der Waals surface area contributed by atoms with E-state index in [1.807, 2.05) is 13.0 Å². The Morgan fingerprint density at radius 3 is 2.65 bits per heavy atom. The predicted molar refractivity (Wildman–Crippen MR) is 119 cm³/mol. The zero-order valence-electron chi connectivity index (χ0n) is 19.9. The number of aliphatic hydroxyl groups is 1. The molecule has 3 N–H and O–H groups in total. The highest BCUT2D eigenvalue weighted by Gasteiger charge is 2.76. The average molecular weight is 496 g/mol. The standard InChI is InChI=1S/C24H33O9P/c1-21(2)32-19-10-16-15-6-5-13-9-14(25)7-8-22(13,3)20(15)17(26)11-23(16,4)24(19,33-21)18(27)12-31-34(28,29)30/h7-9,15-17,19-20,26H,5-6,10-12H2,1-4H3,(H2,28,29,30)/t15-,16-,17-,19+,20+,22-,23-,24+/m0/s1. The van der Waals surface area contributed by atoms with Gasteiger partial charge in [-0.2, -0.15) is 0 Å². The van der Waals surface area contributed by atoms with Crippen molar-refractivity contribution < 1.29 is 43.0 Å². The van der Waals surface area contributed by atoms with Crippen LogP contribution in [0.25, 0.3) is 0 Å². The summed E-state index contributed by atoms with van der Waals surface area (Å²) in [6.45, 7) is 6.64. The highest BCUT2D eigenvalue weighted by Crippen LogP contribution is 2.70. The zero-order valence-corrected chi connectivity index (χ0v) is 20.8. The Morgan fingerprint density at radius 2 is 1.97 bits per heavy atom. The van der Waals surface area contributed by atoms with Gasteiger partial charge in [0.25, 0.3) is 0 Å². The molecule has 0 aromatic carbocycles. The zero-order chi connectivity index (χ0) is 24.9. The normalized spacial score (nSPS) is 46.9. The molecule has 0 spiro atoms. The molecular weight excluding hydrogens is 463 g/mol. The van der Waals surface area contributed by atoms with E-state index < -0.39 is 54.6 Å². The van der Waals surface area contributed by atoms with Gasteiger partial charge in [0.15, 0.2) is 23.0 Å². The molecule has 34 heavy (non-hydrogen) atoms. The van der Waals surface area contributed by atoms with Crippen molar-refractivity contribution in [3.63, 3.8) is 0 Å². The van der Waals surface area contributed by atoms with E-state index in [0.29, 0.717) is 6.42 Å². The first-order valence-electron chi connectivity index (χ1n) is 11.9. The smallest absolute Gasteiger partial charge is 0.393 e. The van der Waals surface area contributed by atoms with E-state index >= 15 is 0 Å². The van der Waals surface area contributed by atoms with Crippen LogP contribution in [0.1, 0.15) is 53.4 Å². The number of carbonyl (C=O) groups is 2. The van der Waals surface area contributed by atoms with Gasteiger partial charge in [0, 0.05) is 16.7 Å². The largest absolute Gasteiger partial charge is 0.470 e. The van der Waals surface area contributed by atoms with Crippen molar-refractivity contribution in [2.75, 3.05) is 6.61 Å². The number of ether oxygens (including phenoxy) is 2. The second kappa shape index (κ2) is 7.42. The van der Waals surface area contributed by atoms with Crippen LogP contribution in [0.3, 0.4) is 0 Å². The summed E-state index contributed by atoms with van der Waals surface area (Å²) in [7, 11) is -4.86. The molecule has 9 nitrogen and oxygen atoms in total. The Hall–Kier alpha value is -1.19. The molecule has 4 aliphatic carbocycles. The van der Waals surface area contributed by atoms with Gasteiger partial charge in [-0.1, -0.05) is 25.5 Å². The van der Waals surface area contributed by atoms with Crippen LogP contribution < -0.4 is 0 Å². The fourth-order valence-electron chi connectivity index (χ4n) is 8.17. The lowest BCUT2D eigenvalue weighted by Gasteiger charge is -2.59. The lowest BCUT2D eigenvalue weighted by molar-refractivity contribution is -0.225. The van der Waals surface area contributed by atoms with Crippen LogP contribution in [0.4, 0.5) is 0 Å². The molecule has 10 heteroatoms. The number of aliphatic hydroxyl groups excluding tert-OH is 1. The average Bonchev–Trinajstić information content (AvgIpc) is 3.12. The molecule has 8 atom stereocenters. The maximum atomic E-state index is 13.6. The monoisotopic (exact) mass is 496 g/mol. The Morgan fingerprint density at radius 1 is 1.26 bits per heavy atom. The molecule has 1 heterocycles. The third kappa shape index (κ3) is 3.32. The van der Waals surface area contributed by atoms with Crippen LogP contribution in [0, 0.1) is 28.6 Å². The van der Waals surface area contributed by atoms with Gasteiger partial charge >= 0.3 is 7.82 Å². The van der Waals surface area contributed by atoms with E-state index in [0.717, 1.165) is 18.4 Å². The van der Waals surface area contributed by atoms with E-state index in [4.69, 9.17) is 9.47 Å². The van der Waals surface area contributed by atoms with E-state index in [2.05, 4.69) is 11.4 Å². The van der Waals surface area contributed by atoms with Crippen molar-refractivity contribution in [1.29, 1.82) is 0 Å². The lowest BCUT2D eigenvalue weighted by atomic mass is 9.46. The van der Waals surface area contributed by atoms with E-state index in [9.17, 15) is 29.0 Å². The van der Waals surface area contributed by atoms with Crippen LogP contribution in [0.5, 0.6) is 0 Å². The Balaban J connectivity index is 1.55. The Bertz CT molecular complexity index is 1040. The SMILES string of the molecule is CC1(C)O[C@@H]2C[C@H]3[C@@H]4CCC5=CC(=O)C=C[C@]5(C)[C@H]4[C@@H](O)C[C@]3(C)[C@]2(C(=O)COP(=O)(O)O)O1. The van der Waals surface area contributed by atoms with Gasteiger partial charge in [0.1, 0.15) is 6.61 Å². The number of Topliss-reactive ketones (excluding diaryl/α,β-unsaturated/α-hetero) is 1. The minimum atomic E-state index is -4.86. The molecule has 0 aromatic rings. The van der Waals surface area contributed by atoms with E-state index in [-0.39, 0.29) is 30.0 Å². The van der Waals surface area contributed by atoms with Gasteiger partial charge < -0.3 is 24.4 Å². The maximum Gasteiger partial charge on any atom is 0.470 e. The van der Waals surface area contributed by atoms with Crippen molar-refractivity contribution >= 4 is 19.4 Å². The molecule has 5 rings (SSSR count). The second-order valence-corrected chi connectivity index (χ2v) is 12.7. The highest BCUT2D eigenvalue weighted by atomic mass is 31.2.